The van der Waals surface area contributed by atoms with Crippen LogP contribution < -0.4 is 0 Å². The number of rotatable bonds is 3. The molecule has 2 aromatic heterocycles. The minimum absolute atomic E-state index is 0.00392. The second-order valence-electron chi connectivity index (χ2n) is 4.71. The molecule has 1 aliphatic rings. The SMILES string of the molecule is O=S(=O)(c1c(Cl)nc2sccn12)N1CCCCC1CO. The highest BCUT2D eigenvalue weighted by atomic mass is 35.5. The monoisotopic (exact) mass is 335 g/mol. The molecule has 0 aliphatic carbocycles. The number of nitrogens with zero attached hydrogens (tertiary/aromatic N) is 3. The first-order valence-electron chi connectivity index (χ1n) is 6.29. The molecule has 9 heteroatoms. The molecule has 20 heavy (non-hydrogen) atoms. The summed E-state index contributed by atoms with van der Waals surface area (Å²) in [7, 11) is -3.76. The molecule has 0 bridgehead atoms. The Bertz CT molecular complexity index is 724. The van der Waals surface area contributed by atoms with Crippen LogP contribution in [-0.4, -0.2) is 46.4 Å². The van der Waals surface area contributed by atoms with Crippen molar-refractivity contribution in [3.8, 4) is 0 Å². The van der Waals surface area contributed by atoms with E-state index >= 15 is 0 Å². The third-order valence-electron chi connectivity index (χ3n) is 3.52. The molecule has 2 aromatic rings. The van der Waals surface area contributed by atoms with Gasteiger partial charge in [-0.2, -0.15) is 4.31 Å². The number of hydrogen-bond donors (Lipinski definition) is 1. The number of aromatic nitrogens is 2. The van der Waals surface area contributed by atoms with Crippen LogP contribution in [0.2, 0.25) is 5.15 Å². The lowest BCUT2D eigenvalue weighted by Crippen LogP contribution is -2.45. The molecule has 1 unspecified atom stereocenters. The first kappa shape index (κ1) is 14.3. The van der Waals surface area contributed by atoms with Gasteiger partial charge in [0.25, 0.3) is 10.0 Å². The molecule has 1 saturated heterocycles. The Balaban J connectivity index is 2.11. The van der Waals surface area contributed by atoms with Gasteiger partial charge in [0.15, 0.2) is 15.1 Å². The molecular formula is C11H14ClN3O3S2. The van der Waals surface area contributed by atoms with Gasteiger partial charge in [-0.1, -0.05) is 18.0 Å². The van der Waals surface area contributed by atoms with Crippen LogP contribution >= 0.6 is 22.9 Å². The molecule has 1 fully saturated rings. The molecular weight excluding hydrogens is 322 g/mol. The van der Waals surface area contributed by atoms with Crippen molar-refractivity contribution < 1.29 is 13.5 Å². The lowest BCUT2D eigenvalue weighted by Gasteiger charge is -2.33. The lowest BCUT2D eigenvalue weighted by atomic mass is 10.1. The van der Waals surface area contributed by atoms with Gasteiger partial charge >= 0.3 is 0 Å². The molecule has 0 amide bonds. The maximum atomic E-state index is 12.8. The summed E-state index contributed by atoms with van der Waals surface area (Å²) >= 11 is 7.34. The zero-order valence-electron chi connectivity index (χ0n) is 10.6. The molecule has 1 aliphatic heterocycles. The van der Waals surface area contributed by atoms with E-state index in [9.17, 15) is 13.5 Å². The van der Waals surface area contributed by atoms with Crippen LogP contribution in [0.15, 0.2) is 16.6 Å². The van der Waals surface area contributed by atoms with Crippen LogP contribution in [0, 0.1) is 0 Å². The van der Waals surface area contributed by atoms with E-state index in [0.29, 0.717) is 17.9 Å². The first-order chi connectivity index (χ1) is 9.55. The first-order valence-corrected chi connectivity index (χ1v) is 8.99. The molecule has 0 radical (unpaired) electrons. The maximum Gasteiger partial charge on any atom is 0.262 e. The number of hydrogen-bond acceptors (Lipinski definition) is 5. The van der Waals surface area contributed by atoms with E-state index in [0.717, 1.165) is 12.8 Å². The van der Waals surface area contributed by atoms with Crippen molar-refractivity contribution in [3.05, 3.63) is 16.7 Å². The predicted molar refractivity (Wildman–Crippen MR) is 76.7 cm³/mol. The third-order valence-corrected chi connectivity index (χ3v) is 6.62. The normalized spacial score (nSPS) is 21.6. The average Bonchev–Trinajstić information content (AvgIpc) is 2.97. The van der Waals surface area contributed by atoms with E-state index < -0.39 is 10.0 Å². The fraction of sp³-hybridized carbons (Fsp3) is 0.545. The summed E-state index contributed by atoms with van der Waals surface area (Å²) in [6, 6.07) is -0.381. The second-order valence-corrected chi connectivity index (χ2v) is 7.75. The summed E-state index contributed by atoms with van der Waals surface area (Å²) in [5, 5.41) is 11.1. The number of sulfonamides is 1. The molecule has 110 valence electrons. The summed E-state index contributed by atoms with van der Waals surface area (Å²) < 4.78 is 28.5. The summed E-state index contributed by atoms with van der Waals surface area (Å²) in [4.78, 5) is 4.61. The molecule has 1 atom stereocenters. The highest BCUT2D eigenvalue weighted by molar-refractivity contribution is 7.89. The zero-order chi connectivity index (χ0) is 14.3. The number of thiazole rings is 1. The Morgan fingerprint density at radius 1 is 1.50 bits per heavy atom. The number of fused-ring (bicyclic) bond motifs is 1. The summed E-state index contributed by atoms with van der Waals surface area (Å²) in [5.41, 5.74) is 0. The summed E-state index contributed by atoms with van der Waals surface area (Å²) in [6.45, 7) is 0.226. The highest BCUT2D eigenvalue weighted by Gasteiger charge is 2.37. The van der Waals surface area contributed by atoms with Gasteiger partial charge in [-0.05, 0) is 12.8 Å². The van der Waals surface area contributed by atoms with E-state index in [2.05, 4.69) is 4.98 Å². The Morgan fingerprint density at radius 3 is 3.05 bits per heavy atom. The molecule has 1 N–H and O–H groups in total. The number of halogens is 1. The average molecular weight is 336 g/mol. The highest BCUT2D eigenvalue weighted by Crippen LogP contribution is 2.31. The van der Waals surface area contributed by atoms with Gasteiger partial charge in [-0.15, -0.1) is 11.3 Å². The minimum atomic E-state index is -3.76. The fourth-order valence-electron chi connectivity index (χ4n) is 2.55. The minimum Gasteiger partial charge on any atom is -0.395 e. The largest absolute Gasteiger partial charge is 0.395 e. The Hall–Kier alpha value is -0.670. The third kappa shape index (κ3) is 2.15. The summed E-state index contributed by atoms with van der Waals surface area (Å²) in [5.74, 6) is 0. The number of aliphatic hydroxyl groups excluding tert-OH is 1. The van der Waals surface area contributed by atoms with E-state index in [-0.39, 0.29) is 22.8 Å². The van der Waals surface area contributed by atoms with Crippen molar-refractivity contribution in [2.45, 2.75) is 30.3 Å². The van der Waals surface area contributed by atoms with E-state index in [1.807, 2.05) is 0 Å². The summed E-state index contributed by atoms with van der Waals surface area (Å²) in [6.07, 6.45) is 4.02. The van der Waals surface area contributed by atoms with Gasteiger partial charge in [-0.25, -0.2) is 13.4 Å². The van der Waals surface area contributed by atoms with Gasteiger partial charge in [0.05, 0.1) is 6.61 Å². The van der Waals surface area contributed by atoms with Gasteiger partial charge < -0.3 is 5.11 Å². The quantitative estimate of drug-likeness (QED) is 0.924. The Labute approximate surface area is 125 Å². The van der Waals surface area contributed by atoms with E-state index in [4.69, 9.17) is 11.6 Å². The van der Waals surface area contributed by atoms with Crippen LogP contribution in [0.25, 0.3) is 4.96 Å². The smallest absolute Gasteiger partial charge is 0.262 e. The van der Waals surface area contributed by atoms with Crippen molar-refractivity contribution in [2.75, 3.05) is 13.2 Å². The van der Waals surface area contributed by atoms with E-state index in [1.54, 1.807) is 11.6 Å². The molecule has 0 saturated carbocycles. The topological polar surface area (TPSA) is 74.9 Å². The van der Waals surface area contributed by atoms with Crippen molar-refractivity contribution in [1.82, 2.24) is 13.7 Å². The lowest BCUT2D eigenvalue weighted by molar-refractivity contribution is 0.155. The second kappa shape index (κ2) is 5.27. The van der Waals surface area contributed by atoms with E-state index in [1.165, 1.54) is 20.0 Å². The fourth-order valence-corrected chi connectivity index (χ4v) is 5.65. The molecule has 0 aromatic carbocycles. The number of imidazole rings is 1. The maximum absolute atomic E-state index is 12.8. The molecule has 0 spiro atoms. The van der Waals surface area contributed by atoms with Crippen molar-refractivity contribution in [1.29, 1.82) is 0 Å². The van der Waals surface area contributed by atoms with Gasteiger partial charge in [-0.3, -0.25) is 4.40 Å². The molecule has 3 rings (SSSR count). The zero-order valence-corrected chi connectivity index (χ0v) is 13.0. The number of piperidine rings is 1. The van der Waals surface area contributed by atoms with Crippen molar-refractivity contribution >= 4 is 37.9 Å². The van der Waals surface area contributed by atoms with Crippen LogP contribution in [0.1, 0.15) is 19.3 Å². The Morgan fingerprint density at radius 2 is 2.30 bits per heavy atom. The van der Waals surface area contributed by atoms with Crippen LogP contribution in [-0.2, 0) is 10.0 Å². The van der Waals surface area contributed by atoms with Crippen LogP contribution in [0.3, 0.4) is 0 Å². The predicted octanol–water partition coefficient (Wildman–Crippen LogP) is 1.58. The van der Waals surface area contributed by atoms with Crippen molar-refractivity contribution in [3.63, 3.8) is 0 Å². The molecule has 3 heterocycles. The standard InChI is InChI=1S/C11H14ClN3O3S2/c12-9-10(14-5-6-19-11(14)13-9)20(17,18)15-4-2-1-3-8(15)7-16/h5-6,8,16H,1-4,7H2. The van der Waals surface area contributed by atoms with Crippen LogP contribution in [0.5, 0.6) is 0 Å². The number of aliphatic hydroxyl groups is 1. The van der Waals surface area contributed by atoms with Gasteiger partial charge in [0.1, 0.15) is 0 Å². The molecule has 6 nitrogen and oxygen atoms in total. The van der Waals surface area contributed by atoms with Crippen molar-refractivity contribution in [2.24, 2.45) is 0 Å². The Kier molecular flexibility index (Phi) is 3.76. The van der Waals surface area contributed by atoms with Gasteiger partial charge in [0, 0.05) is 24.2 Å². The van der Waals surface area contributed by atoms with Gasteiger partial charge in [0.2, 0.25) is 0 Å². The van der Waals surface area contributed by atoms with Crippen LogP contribution in [0.4, 0.5) is 0 Å².